The number of nitrogens with one attached hydrogen (secondary N) is 2. The molecule has 0 unspecified atom stereocenters. The number of allylic oxidation sites excluding steroid dienone is 1. The highest BCUT2D eigenvalue weighted by Crippen LogP contribution is 2.37. The minimum Gasteiger partial charge on any atom is -0.325 e. The predicted molar refractivity (Wildman–Crippen MR) is 110 cm³/mol. The number of anilines is 1. The summed E-state index contributed by atoms with van der Waals surface area (Å²) in [4.78, 5) is 25.4. The van der Waals surface area contributed by atoms with E-state index < -0.39 is 0 Å². The van der Waals surface area contributed by atoms with Crippen molar-refractivity contribution in [3.63, 3.8) is 0 Å². The lowest BCUT2D eigenvalue weighted by Gasteiger charge is -2.23. The van der Waals surface area contributed by atoms with Crippen molar-refractivity contribution in [1.82, 2.24) is 5.32 Å². The van der Waals surface area contributed by atoms with E-state index in [1.807, 2.05) is 24.4 Å². The van der Waals surface area contributed by atoms with E-state index in [0.717, 1.165) is 22.2 Å². The van der Waals surface area contributed by atoms with Gasteiger partial charge in [-0.2, -0.15) is 5.26 Å². The molecule has 0 bridgehead atoms. The summed E-state index contributed by atoms with van der Waals surface area (Å²) in [6.45, 7) is 1.83. The van der Waals surface area contributed by atoms with E-state index >= 15 is 0 Å². The van der Waals surface area contributed by atoms with Crippen LogP contribution in [0, 0.1) is 18.3 Å². The summed E-state index contributed by atoms with van der Waals surface area (Å²) in [6, 6.07) is 11.3. The number of thioether (sulfide) groups is 1. The lowest BCUT2D eigenvalue weighted by Crippen LogP contribution is -2.31. The molecule has 0 saturated heterocycles. The molecule has 2 heterocycles. The second kappa shape index (κ2) is 8.61. The normalized spacial score (nSPS) is 16.6. The molecule has 138 valence electrons. The van der Waals surface area contributed by atoms with Gasteiger partial charge in [-0.3, -0.25) is 9.59 Å². The van der Waals surface area contributed by atoms with Gasteiger partial charge in [-0.15, -0.1) is 11.3 Å². The number of amides is 2. The standard InChI is InChI=1S/C19H16ClN3O2S2/c1-11-14(20)4-2-5-15(11)22-18(25)10-27-19-13(9-21)12(8-17(24)23-19)16-6-3-7-26-16/h2-7,12H,8,10H2,1H3,(H,22,25)(H,23,24)/t12-/m1/s1. The van der Waals surface area contributed by atoms with Gasteiger partial charge in [-0.1, -0.05) is 35.5 Å². The van der Waals surface area contributed by atoms with Gasteiger partial charge in [-0.05, 0) is 36.1 Å². The molecule has 2 aromatic rings. The Hall–Kier alpha value is -2.27. The van der Waals surface area contributed by atoms with Crippen molar-refractivity contribution in [2.24, 2.45) is 0 Å². The monoisotopic (exact) mass is 417 g/mol. The van der Waals surface area contributed by atoms with Crippen LogP contribution in [-0.2, 0) is 9.59 Å². The van der Waals surface area contributed by atoms with Crippen molar-refractivity contribution in [2.45, 2.75) is 19.3 Å². The van der Waals surface area contributed by atoms with Crippen LogP contribution in [0.4, 0.5) is 5.69 Å². The number of halogens is 1. The number of hydrogen-bond acceptors (Lipinski definition) is 5. The average Bonchev–Trinajstić information content (AvgIpc) is 3.18. The molecule has 0 saturated carbocycles. The minimum absolute atomic E-state index is 0.0733. The molecule has 0 fully saturated rings. The van der Waals surface area contributed by atoms with E-state index in [0.29, 0.717) is 21.3 Å². The first-order valence-corrected chi connectivity index (χ1v) is 10.4. The summed E-state index contributed by atoms with van der Waals surface area (Å²) >= 11 is 8.74. The Labute approximate surface area is 170 Å². The van der Waals surface area contributed by atoms with Crippen molar-refractivity contribution >= 4 is 52.2 Å². The number of carbonyl (C=O) groups is 2. The first-order valence-electron chi connectivity index (χ1n) is 8.15. The van der Waals surface area contributed by atoms with E-state index in [2.05, 4.69) is 16.7 Å². The minimum atomic E-state index is -0.260. The predicted octanol–water partition coefficient (Wildman–Crippen LogP) is 4.42. The smallest absolute Gasteiger partial charge is 0.234 e. The Morgan fingerprint density at radius 2 is 2.26 bits per heavy atom. The third kappa shape index (κ3) is 4.53. The van der Waals surface area contributed by atoms with Crippen LogP contribution in [0.1, 0.15) is 22.8 Å². The second-order valence-electron chi connectivity index (χ2n) is 5.92. The molecule has 1 aliphatic rings. The molecule has 2 N–H and O–H groups in total. The number of nitrogens with zero attached hydrogens (tertiary/aromatic N) is 1. The van der Waals surface area contributed by atoms with Crippen LogP contribution >= 0.6 is 34.7 Å². The van der Waals surface area contributed by atoms with E-state index in [-0.39, 0.29) is 29.9 Å². The zero-order valence-electron chi connectivity index (χ0n) is 14.4. The molecule has 0 aliphatic carbocycles. The van der Waals surface area contributed by atoms with Crippen molar-refractivity contribution in [3.05, 3.63) is 61.8 Å². The summed E-state index contributed by atoms with van der Waals surface area (Å²) in [5, 5.41) is 18.1. The zero-order chi connectivity index (χ0) is 19.4. The van der Waals surface area contributed by atoms with E-state index in [4.69, 9.17) is 11.6 Å². The third-order valence-electron chi connectivity index (χ3n) is 4.13. The van der Waals surface area contributed by atoms with Gasteiger partial charge >= 0.3 is 0 Å². The molecule has 5 nitrogen and oxygen atoms in total. The highest BCUT2D eigenvalue weighted by atomic mass is 35.5. The van der Waals surface area contributed by atoms with Gasteiger partial charge in [0.25, 0.3) is 0 Å². The van der Waals surface area contributed by atoms with Gasteiger partial charge < -0.3 is 10.6 Å². The van der Waals surface area contributed by atoms with E-state index in [9.17, 15) is 14.9 Å². The Morgan fingerprint density at radius 1 is 1.44 bits per heavy atom. The van der Waals surface area contributed by atoms with Crippen LogP contribution in [0.15, 0.2) is 46.3 Å². The van der Waals surface area contributed by atoms with Gasteiger partial charge in [0, 0.05) is 27.9 Å². The summed E-state index contributed by atoms with van der Waals surface area (Å²) in [6.07, 6.45) is 0.237. The Kier molecular flexibility index (Phi) is 6.22. The van der Waals surface area contributed by atoms with E-state index in [1.165, 1.54) is 11.3 Å². The molecule has 1 atom stereocenters. The fourth-order valence-electron chi connectivity index (χ4n) is 2.73. The summed E-state index contributed by atoms with van der Waals surface area (Å²) < 4.78 is 0. The SMILES string of the molecule is Cc1c(Cl)cccc1NC(=O)CSC1=C(C#N)[C@H](c2cccs2)CC(=O)N1. The van der Waals surface area contributed by atoms with Crippen LogP contribution in [0.5, 0.6) is 0 Å². The molecule has 0 radical (unpaired) electrons. The Balaban J connectivity index is 1.73. The topological polar surface area (TPSA) is 82.0 Å². The van der Waals surface area contributed by atoms with Crippen LogP contribution in [0.3, 0.4) is 0 Å². The maximum absolute atomic E-state index is 12.3. The molecule has 1 aliphatic heterocycles. The fraction of sp³-hybridized carbons (Fsp3) is 0.211. The molecule has 1 aromatic heterocycles. The molecule has 1 aromatic carbocycles. The Morgan fingerprint density at radius 3 is 2.96 bits per heavy atom. The van der Waals surface area contributed by atoms with Gasteiger partial charge in [0.1, 0.15) is 0 Å². The highest BCUT2D eigenvalue weighted by Gasteiger charge is 2.30. The Bertz CT molecular complexity index is 948. The largest absolute Gasteiger partial charge is 0.325 e. The number of benzene rings is 1. The van der Waals surface area contributed by atoms with Gasteiger partial charge in [0.2, 0.25) is 11.8 Å². The van der Waals surface area contributed by atoms with Crippen LogP contribution in [0.25, 0.3) is 0 Å². The third-order valence-corrected chi connectivity index (χ3v) is 6.54. The first kappa shape index (κ1) is 19.5. The van der Waals surface area contributed by atoms with Crippen molar-refractivity contribution in [2.75, 3.05) is 11.1 Å². The lowest BCUT2D eigenvalue weighted by molar-refractivity contribution is -0.121. The maximum Gasteiger partial charge on any atom is 0.234 e. The summed E-state index contributed by atoms with van der Waals surface area (Å²) in [7, 11) is 0. The van der Waals surface area contributed by atoms with Gasteiger partial charge in [-0.25, -0.2) is 0 Å². The van der Waals surface area contributed by atoms with Crippen molar-refractivity contribution in [3.8, 4) is 6.07 Å². The quantitative estimate of drug-likeness (QED) is 0.754. The molecular formula is C19H16ClN3O2S2. The molecular weight excluding hydrogens is 402 g/mol. The number of thiophene rings is 1. The van der Waals surface area contributed by atoms with Gasteiger partial charge in [0.05, 0.1) is 22.4 Å². The summed E-state index contributed by atoms with van der Waals surface area (Å²) in [5.41, 5.74) is 1.93. The highest BCUT2D eigenvalue weighted by molar-refractivity contribution is 8.03. The van der Waals surface area contributed by atoms with Crippen molar-refractivity contribution in [1.29, 1.82) is 5.26 Å². The molecule has 27 heavy (non-hydrogen) atoms. The molecule has 3 rings (SSSR count). The second-order valence-corrected chi connectivity index (χ2v) is 8.30. The number of carbonyl (C=O) groups excluding carboxylic acids is 2. The number of hydrogen-bond donors (Lipinski definition) is 2. The number of nitriles is 1. The van der Waals surface area contributed by atoms with Gasteiger partial charge in [0.15, 0.2) is 0 Å². The van der Waals surface area contributed by atoms with Crippen LogP contribution in [0.2, 0.25) is 5.02 Å². The molecule has 8 heteroatoms. The van der Waals surface area contributed by atoms with Crippen molar-refractivity contribution < 1.29 is 9.59 Å². The van der Waals surface area contributed by atoms with Crippen LogP contribution in [-0.4, -0.2) is 17.6 Å². The molecule has 2 amide bonds. The average molecular weight is 418 g/mol. The summed E-state index contributed by atoms with van der Waals surface area (Å²) in [5.74, 6) is -0.572. The first-order chi connectivity index (χ1) is 13.0. The fourth-order valence-corrected chi connectivity index (χ4v) is 4.62. The molecule has 0 spiro atoms. The zero-order valence-corrected chi connectivity index (χ0v) is 16.8. The van der Waals surface area contributed by atoms with Crippen LogP contribution < -0.4 is 10.6 Å². The van der Waals surface area contributed by atoms with E-state index in [1.54, 1.807) is 18.2 Å². The number of rotatable bonds is 5. The maximum atomic E-state index is 12.3. The lowest BCUT2D eigenvalue weighted by atomic mass is 9.93.